The van der Waals surface area contributed by atoms with Gasteiger partial charge in [-0.15, -0.1) is 0 Å². The molecule has 0 radical (unpaired) electrons. The fourth-order valence-electron chi connectivity index (χ4n) is 1.50. The summed E-state index contributed by atoms with van der Waals surface area (Å²) < 4.78 is 25.6. The summed E-state index contributed by atoms with van der Waals surface area (Å²) in [6.07, 6.45) is 0. The third-order valence-electron chi connectivity index (χ3n) is 2.54. The van der Waals surface area contributed by atoms with Gasteiger partial charge in [0.2, 0.25) is 10.0 Å². The topological polar surface area (TPSA) is 96.0 Å². The van der Waals surface area contributed by atoms with Crippen molar-refractivity contribution in [2.45, 2.75) is 18.7 Å². The Morgan fingerprint density at radius 3 is 2.61 bits per heavy atom. The molecule has 0 aliphatic carbocycles. The number of sulfonamides is 1. The molecule has 0 aromatic heterocycles. The van der Waals surface area contributed by atoms with Crippen molar-refractivity contribution in [3.05, 3.63) is 29.3 Å². The smallest absolute Gasteiger partial charge is 0.243 e. The van der Waals surface area contributed by atoms with Crippen molar-refractivity contribution >= 4 is 15.9 Å². The monoisotopic (exact) mass is 271 g/mol. The second-order valence-corrected chi connectivity index (χ2v) is 6.13. The molecule has 100 valence electrons. The van der Waals surface area contributed by atoms with E-state index in [4.69, 9.17) is 10.9 Å². The first-order valence-electron chi connectivity index (χ1n) is 5.29. The molecule has 0 saturated carbocycles. The van der Waals surface area contributed by atoms with Gasteiger partial charge in [-0.2, -0.15) is 4.31 Å². The first kappa shape index (κ1) is 14.5. The van der Waals surface area contributed by atoms with Crippen molar-refractivity contribution in [3.63, 3.8) is 0 Å². The molecule has 0 spiro atoms. The Labute approximate surface area is 107 Å². The van der Waals surface area contributed by atoms with Gasteiger partial charge >= 0.3 is 0 Å². The molecule has 7 heteroatoms. The predicted molar refractivity (Wildman–Crippen MR) is 69.1 cm³/mol. The molecule has 0 amide bonds. The van der Waals surface area contributed by atoms with E-state index in [1.54, 1.807) is 19.1 Å². The van der Waals surface area contributed by atoms with Crippen molar-refractivity contribution in [1.82, 2.24) is 4.31 Å². The van der Waals surface area contributed by atoms with Crippen LogP contribution in [0.3, 0.4) is 0 Å². The van der Waals surface area contributed by atoms with Crippen LogP contribution in [-0.4, -0.2) is 37.4 Å². The zero-order chi connectivity index (χ0) is 13.9. The summed E-state index contributed by atoms with van der Waals surface area (Å²) in [7, 11) is -2.25. The van der Waals surface area contributed by atoms with Gasteiger partial charge in [-0.3, -0.25) is 0 Å². The highest BCUT2D eigenvalue weighted by molar-refractivity contribution is 7.89. The molecule has 0 aliphatic rings. The molecular formula is C11H17N3O3S. The zero-order valence-corrected chi connectivity index (χ0v) is 11.4. The molecule has 0 aliphatic heterocycles. The van der Waals surface area contributed by atoms with Gasteiger partial charge in [0.25, 0.3) is 0 Å². The van der Waals surface area contributed by atoms with Crippen molar-refractivity contribution < 1.29 is 13.6 Å². The lowest BCUT2D eigenvalue weighted by molar-refractivity contribution is 0.315. The van der Waals surface area contributed by atoms with E-state index in [0.717, 1.165) is 9.87 Å². The summed E-state index contributed by atoms with van der Waals surface area (Å²) in [4.78, 5) is 0.232. The van der Waals surface area contributed by atoms with Crippen LogP contribution < -0.4 is 5.73 Å². The van der Waals surface area contributed by atoms with Crippen LogP contribution in [0.2, 0.25) is 0 Å². The number of nitrogens with two attached hydrogens (primary N) is 1. The normalized spacial score (nSPS) is 13.0. The van der Waals surface area contributed by atoms with Crippen molar-refractivity contribution in [1.29, 1.82) is 0 Å². The second kappa shape index (κ2) is 5.36. The largest absolute Gasteiger partial charge is 0.409 e. The Balaban J connectivity index is 3.17. The van der Waals surface area contributed by atoms with Gasteiger partial charge in [-0.05, 0) is 31.0 Å². The van der Waals surface area contributed by atoms with Crippen LogP contribution in [0.1, 0.15) is 11.1 Å². The Morgan fingerprint density at radius 2 is 2.06 bits per heavy atom. The Kier molecular flexibility index (Phi) is 4.31. The SMILES string of the molecule is Cc1ccc(C)c(S(=O)(=O)N(C)CC(N)=NO)c1. The first-order valence-corrected chi connectivity index (χ1v) is 6.73. The van der Waals surface area contributed by atoms with E-state index >= 15 is 0 Å². The molecule has 18 heavy (non-hydrogen) atoms. The highest BCUT2D eigenvalue weighted by Gasteiger charge is 2.23. The van der Waals surface area contributed by atoms with E-state index in [2.05, 4.69) is 5.16 Å². The Morgan fingerprint density at radius 1 is 1.44 bits per heavy atom. The number of amidine groups is 1. The minimum atomic E-state index is -3.64. The second-order valence-electron chi connectivity index (χ2n) is 4.12. The summed E-state index contributed by atoms with van der Waals surface area (Å²) in [5, 5.41) is 11.2. The van der Waals surface area contributed by atoms with E-state index in [-0.39, 0.29) is 17.3 Å². The first-order chi connectivity index (χ1) is 8.28. The van der Waals surface area contributed by atoms with E-state index < -0.39 is 10.0 Å². The summed E-state index contributed by atoms with van der Waals surface area (Å²) in [5.41, 5.74) is 6.83. The number of nitrogens with zero attached hydrogens (tertiary/aromatic N) is 2. The summed E-state index contributed by atoms with van der Waals surface area (Å²) in [5.74, 6) is -0.161. The van der Waals surface area contributed by atoms with Crippen LogP contribution in [0.25, 0.3) is 0 Å². The van der Waals surface area contributed by atoms with E-state index in [9.17, 15) is 8.42 Å². The van der Waals surface area contributed by atoms with Gasteiger partial charge in [0.05, 0.1) is 11.4 Å². The predicted octanol–water partition coefficient (Wildman–Crippen LogP) is 0.670. The third-order valence-corrected chi connectivity index (χ3v) is 4.49. The fraction of sp³-hybridized carbons (Fsp3) is 0.364. The van der Waals surface area contributed by atoms with Crippen molar-refractivity contribution in [2.24, 2.45) is 10.9 Å². The minimum Gasteiger partial charge on any atom is -0.409 e. The van der Waals surface area contributed by atoms with Gasteiger partial charge in [0, 0.05) is 7.05 Å². The number of aryl methyl sites for hydroxylation is 2. The Hall–Kier alpha value is -1.60. The average Bonchev–Trinajstić information content (AvgIpc) is 2.31. The van der Waals surface area contributed by atoms with Crippen LogP contribution in [0.4, 0.5) is 0 Å². The number of rotatable bonds is 4. The van der Waals surface area contributed by atoms with E-state index in [1.165, 1.54) is 7.05 Å². The molecule has 0 unspecified atom stereocenters. The standard InChI is InChI=1S/C11H17N3O3S/c1-8-4-5-9(2)10(6-8)18(16,17)14(3)7-11(12)13-15/h4-6,15H,7H2,1-3H3,(H2,12,13). The average molecular weight is 271 g/mol. The van der Waals surface area contributed by atoms with Gasteiger partial charge in [-0.1, -0.05) is 17.3 Å². The zero-order valence-electron chi connectivity index (χ0n) is 10.6. The fourth-order valence-corrected chi connectivity index (χ4v) is 2.95. The molecule has 1 aromatic rings. The van der Waals surface area contributed by atoms with Crippen LogP contribution >= 0.6 is 0 Å². The van der Waals surface area contributed by atoms with Gasteiger partial charge < -0.3 is 10.9 Å². The quantitative estimate of drug-likeness (QED) is 0.364. The highest BCUT2D eigenvalue weighted by atomic mass is 32.2. The molecule has 0 saturated heterocycles. The number of oxime groups is 1. The van der Waals surface area contributed by atoms with Crippen molar-refractivity contribution in [2.75, 3.05) is 13.6 Å². The Bertz CT molecular complexity index is 567. The molecule has 1 aromatic carbocycles. The van der Waals surface area contributed by atoms with Crippen LogP contribution in [-0.2, 0) is 10.0 Å². The molecule has 6 nitrogen and oxygen atoms in total. The molecular weight excluding hydrogens is 254 g/mol. The summed E-state index contributed by atoms with van der Waals surface area (Å²) in [6, 6.07) is 5.20. The summed E-state index contributed by atoms with van der Waals surface area (Å²) >= 11 is 0. The number of hydrogen-bond donors (Lipinski definition) is 2. The van der Waals surface area contributed by atoms with E-state index in [0.29, 0.717) is 5.56 Å². The highest BCUT2D eigenvalue weighted by Crippen LogP contribution is 2.20. The minimum absolute atomic E-state index is 0.161. The lowest BCUT2D eigenvalue weighted by atomic mass is 10.2. The van der Waals surface area contributed by atoms with Crippen molar-refractivity contribution in [3.8, 4) is 0 Å². The lowest BCUT2D eigenvalue weighted by Crippen LogP contribution is -2.35. The van der Waals surface area contributed by atoms with Gasteiger partial charge in [-0.25, -0.2) is 8.42 Å². The van der Waals surface area contributed by atoms with E-state index in [1.807, 2.05) is 13.0 Å². The van der Waals surface area contributed by atoms with Gasteiger partial charge in [0.15, 0.2) is 5.84 Å². The van der Waals surface area contributed by atoms with Gasteiger partial charge in [0.1, 0.15) is 0 Å². The van der Waals surface area contributed by atoms with Crippen LogP contribution in [0.15, 0.2) is 28.3 Å². The molecule has 1 rings (SSSR count). The maximum absolute atomic E-state index is 12.3. The molecule has 3 N–H and O–H groups in total. The number of likely N-dealkylation sites (N-methyl/N-ethyl adjacent to an activating group) is 1. The number of benzene rings is 1. The molecule has 0 heterocycles. The maximum atomic E-state index is 12.3. The lowest BCUT2D eigenvalue weighted by Gasteiger charge is -2.18. The molecule has 0 fully saturated rings. The van der Waals surface area contributed by atoms with Crippen LogP contribution in [0, 0.1) is 13.8 Å². The molecule has 0 bridgehead atoms. The molecule has 0 atom stereocenters. The maximum Gasteiger partial charge on any atom is 0.243 e. The third kappa shape index (κ3) is 2.99. The number of hydrogen-bond acceptors (Lipinski definition) is 4. The summed E-state index contributed by atoms with van der Waals surface area (Å²) in [6.45, 7) is 3.39. The van der Waals surface area contributed by atoms with Crippen LogP contribution in [0.5, 0.6) is 0 Å².